The van der Waals surface area contributed by atoms with Gasteiger partial charge in [0.2, 0.25) is 5.22 Å². The van der Waals surface area contributed by atoms with Crippen molar-refractivity contribution in [2.75, 3.05) is 0 Å². The first-order valence-corrected chi connectivity index (χ1v) is 5.37. The summed E-state index contributed by atoms with van der Waals surface area (Å²) in [5.74, 6) is 0. The van der Waals surface area contributed by atoms with Gasteiger partial charge in [-0.15, -0.1) is 0 Å². The van der Waals surface area contributed by atoms with Crippen LogP contribution >= 0.6 is 46.4 Å². The molecule has 0 spiro atoms. The van der Waals surface area contributed by atoms with Crippen molar-refractivity contribution in [3.05, 3.63) is 38.5 Å². The van der Waals surface area contributed by atoms with Crippen molar-refractivity contribution in [2.24, 2.45) is 0 Å². The molecule has 0 aliphatic heterocycles. The zero-order chi connectivity index (χ0) is 11.0. The smallest absolute Gasteiger partial charge is 0.245 e. The zero-order valence-electron chi connectivity index (χ0n) is 7.10. The van der Waals surface area contributed by atoms with Crippen LogP contribution in [0.2, 0.25) is 20.3 Å². The number of nitrogens with zero attached hydrogens (tertiary/aromatic N) is 1. The molecule has 1 aromatic carbocycles. The maximum absolute atomic E-state index is 5.99. The summed E-state index contributed by atoms with van der Waals surface area (Å²) in [6.45, 7) is 0. The van der Waals surface area contributed by atoms with E-state index in [2.05, 4.69) is 5.16 Å². The average molecular weight is 283 g/mol. The second kappa shape index (κ2) is 4.22. The van der Waals surface area contributed by atoms with Gasteiger partial charge in [0.15, 0.2) is 0 Å². The molecular formula is C9H3Cl4NO. The van der Waals surface area contributed by atoms with Crippen molar-refractivity contribution in [1.82, 2.24) is 5.16 Å². The fraction of sp³-hybridized carbons (Fsp3) is 0. The molecular weight excluding hydrogens is 280 g/mol. The van der Waals surface area contributed by atoms with Crippen LogP contribution in [0.4, 0.5) is 0 Å². The van der Waals surface area contributed by atoms with Gasteiger partial charge in [-0.25, -0.2) is 0 Å². The highest BCUT2D eigenvalue weighted by molar-refractivity contribution is 6.45. The van der Waals surface area contributed by atoms with Gasteiger partial charge in [-0.2, -0.15) is 0 Å². The standard InChI is InChI=1S/C9H3Cl4NO/c10-5-3-1-2-4(6(5)11)8-7(12)9(13)15-14-8/h1-3H. The SMILES string of the molecule is Clc1cccc(-c2noc(Cl)c2Cl)c1Cl. The fourth-order valence-corrected chi connectivity index (χ4v) is 1.80. The van der Waals surface area contributed by atoms with E-state index in [1.165, 1.54) is 0 Å². The van der Waals surface area contributed by atoms with Crippen molar-refractivity contribution in [3.8, 4) is 11.3 Å². The molecule has 78 valence electrons. The average Bonchev–Trinajstić information content (AvgIpc) is 2.53. The molecule has 0 amide bonds. The Hall–Kier alpha value is -0.410. The summed E-state index contributed by atoms with van der Waals surface area (Å²) in [5, 5.41) is 4.75. The number of hydrogen-bond acceptors (Lipinski definition) is 2. The van der Waals surface area contributed by atoms with E-state index in [0.717, 1.165) is 0 Å². The first-order chi connectivity index (χ1) is 7.11. The second-order valence-electron chi connectivity index (χ2n) is 2.72. The first-order valence-electron chi connectivity index (χ1n) is 3.86. The molecule has 0 bridgehead atoms. The topological polar surface area (TPSA) is 26.0 Å². The summed E-state index contributed by atoms with van der Waals surface area (Å²) < 4.78 is 4.73. The van der Waals surface area contributed by atoms with E-state index in [1.54, 1.807) is 18.2 Å². The van der Waals surface area contributed by atoms with E-state index in [1.807, 2.05) is 0 Å². The summed E-state index contributed by atoms with van der Waals surface area (Å²) in [7, 11) is 0. The largest absolute Gasteiger partial charge is 0.342 e. The highest BCUT2D eigenvalue weighted by atomic mass is 35.5. The van der Waals surface area contributed by atoms with Crippen LogP contribution in [0, 0.1) is 0 Å². The van der Waals surface area contributed by atoms with Crippen LogP contribution in [0.5, 0.6) is 0 Å². The summed E-state index contributed by atoms with van der Waals surface area (Å²) in [4.78, 5) is 0. The van der Waals surface area contributed by atoms with Gasteiger partial charge in [0.25, 0.3) is 0 Å². The Balaban J connectivity index is 2.64. The van der Waals surface area contributed by atoms with E-state index in [0.29, 0.717) is 21.3 Å². The quantitative estimate of drug-likeness (QED) is 0.739. The monoisotopic (exact) mass is 281 g/mol. The third-order valence-electron chi connectivity index (χ3n) is 1.80. The molecule has 15 heavy (non-hydrogen) atoms. The summed E-state index contributed by atoms with van der Waals surface area (Å²) in [6, 6.07) is 5.14. The Labute approximate surface area is 106 Å². The van der Waals surface area contributed by atoms with Gasteiger partial charge in [0.05, 0.1) is 10.0 Å². The molecule has 2 nitrogen and oxygen atoms in total. The van der Waals surface area contributed by atoms with Crippen LogP contribution in [0.25, 0.3) is 11.3 Å². The van der Waals surface area contributed by atoms with E-state index < -0.39 is 0 Å². The van der Waals surface area contributed by atoms with Crippen LogP contribution < -0.4 is 0 Å². The van der Waals surface area contributed by atoms with Crippen LogP contribution in [0.15, 0.2) is 22.7 Å². The predicted molar refractivity (Wildman–Crippen MR) is 62.0 cm³/mol. The van der Waals surface area contributed by atoms with E-state index in [9.17, 15) is 0 Å². The maximum Gasteiger partial charge on any atom is 0.245 e. The van der Waals surface area contributed by atoms with E-state index >= 15 is 0 Å². The minimum atomic E-state index is 0.0303. The minimum absolute atomic E-state index is 0.0303. The Morgan fingerprint density at radius 1 is 1.00 bits per heavy atom. The number of benzene rings is 1. The Morgan fingerprint density at radius 2 is 1.73 bits per heavy atom. The van der Waals surface area contributed by atoms with Gasteiger partial charge in [0.1, 0.15) is 10.7 Å². The Bertz CT molecular complexity index is 509. The molecule has 1 aromatic heterocycles. The fourth-order valence-electron chi connectivity index (χ4n) is 1.11. The van der Waals surface area contributed by atoms with E-state index in [4.69, 9.17) is 50.9 Å². The number of halogens is 4. The lowest BCUT2D eigenvalue weighted by Crippen LogP contribution is -1.80. The third-order valence-corrected chi connectivity index (χ3v) is 3.33. The molecule has 0 aliphatic carbocycles. The molecule has 0 radical (unpaired) electrons. The van der Waals surface area contributed by atoms with Gasteiger partial charge < -0.3 is 4.52 Å². The number of hydrogen-bond donors (Lipinski definition) is 0. The number of aromatic nitrogens is 1. The summed E-state index contributed by atoms with van der Waals surface area (Å²) in [6.07, 6.45) is 0. The molecule has 6 heteroatoms. The van der Waals surface area contributed by atoms with Crippen molar-refractivity contribution < 1.29 is 4.52 Å². The molecule has 2 rings (SSSR count). The minimum Gasteiger partial charge on any atom is -0.342 e. The molecule has 0 saturated carbocycles. The van der Waals surface area contributed by atoms with Gasteiger partial charge in [-0.1, -0.05) is 52.1 Å². The molecule has 0 saturated heterocycles. The normalized spacial score (nSPS) is 10.7. The van der Waals surface area contributed by atoms with Crippen molar-refractivity contribution in [2.45, 2.75) is 0 Å². The Morgan fingerprint density at radius 3 is 2.33 bits per heavy atom. The highest BCUT2D eigenvalue weighted by Gasteiger charge is 2.17. The third kappa shape index (κ3) is 1.95. The van der Waals surface area contributed by atoms with Gasteiger partial charge in [0, 0.05) is 5.56 Å². The zero-order valence-corrected chi connectivity index (χ0v) is 10.1. The lowest BCUT2D eigenvalue weighted by atomic mass is 10.1. The van der Waals surface area contributed by atoms with Gasteiger partial charge in [-0.05, 0) is 17.7 Å². The summed E-state index contributed by atoms with van der Waals surface area (Å²) in [5.41, 5.74) is 0.971. The highest BCUT2D eigenvalue weighted by Crippen LogP contribution is 2.38. The molecule has 0 aliphatic rings. The molecule has 2 aromatic rings. The molecule has 1 heterocycles. The van der Waals surface area contributed by atoms with Gasteiger partial charge in [-0.3, -0.25) is 0 Å². The van der Waals surface area contributed by atoms with Crippen LogP contribution in [-0.4, -0.2) is 5.16 Å². The van der Waals surface area contributed by atoms with Crippen molar-refractivity contribution in [3.63, 3.8) is 0 Å². The lowest BCUT2D eigenvalue weighted by Gasteiger charge is -2.01. The van der Waals surface area contributed by atoms with Gasteiger partial charge >= 0.3 is 0 Å². The second-order valence-corrected chi connectivity index (χ2v) is 4.23. The summed E-state index contributed by atoms with van der Waals surface area (Å²) >= 11 is 23.4. The molecule has 0 unspecified atom stereocenters. The molecule has 0 fully saturated rings. The first kappa shape index (κ1) is 11.1. The molecule has 0 N–H and O–H groups in total. The lowest BCUT2D eigenvalue weighted by molar-refractivity contribution is 0.424. The van der Waals surface area contributed by atoms with Crippen LogP contribution in [0.3, 0.4) is 0 Å². The molecule has 0 atom stereocenters. The van der Waals surface area contributed by atoms with E-state index in [-0.39, 0.29) is 10.2 Å². The van der Waals surface area contributed by atoms with Crippen LogP contribution in [0.1, 0.15) is 0 Å². The van der Waals surface area contributed by atoms with Crippen LogP contribution in [-0.2, 0) is 0 Å². The Kier molecular flexibility index (Phi) is 3.12. The van der Waals surface area contributed by atoms with Crippen molar-refractivity contribution >= 4 is 46.4 Å². The predicted octanol–water partition coefficient (Wildman–Crippen LogP) is 4.96. The maximum atomic E-state index is 5.99. The van der Waals surface area contributed by atoms with Crippen molar-refractivity contribution in [1.29, 1.82) is 0 Å². The number of rotatable bonds is 1.